The van der Waals surface area contributed by atoms with E-state index in [1.54, 1.807) is 15.8 Å². The fourth-order valence-electron chi connectivity index (χ4n) is 2.18. The summed E-state index contributed by atoms with van der Waals surface area (Å²) in [7, 11) is -1.58. The zero-order valence-corrected chi connectivity index (χ0v) is 13.1. The van der Waals surface area contributed by atoms with E-state index < -0.39 is 15.6 Å². The molecule has 0 aliphatic carbocycles. The lowest BCUT2D eigenvalue weighted by Gasteiger charge is -2.40. The van der Waals surface area contributed by atoms with Gasteiger partial charge in [-0.15, -0.1) is 11.3 Å². The highest BCUT2D eigenvalue weighted by molar-refractivity contribution is 7.89. The molecule has 1 aliphatic rings. The predicted octanol–water partition coefficient (Wildman–Crippen LogP) is 1.27. The average molecular weight is 304 g/mol. The van der Waals surface area contributed by atoms with Gasteiger partial charge in [0, 0.05) is 23.3 Å². The van der Waals surface area contributed by atoms with Gasteiger partial charge in [0.1, 0.15) is 0 Å². The molecule has 0 saturated carbocycles. The molecule has 1 aromatic rings. The number of sulfonamides is 1. The lowest BCUT2D eigenvalue weighted by molar-refractivity contribution is -0.00769. The minimum Gasteiger partial charge on any atom is -0.378 e. The SMILES string of the molecule is CNCc1cc(S(=O)(=O)N2CCOCC2(C)C)cs1. The molecule has 1 saturated heterocycles. The highest BCUT2D eigenvalue weighted by Crippen LogP contribution is 2.29. The Morgan fingerprint density at radius 3 is 2.89 bits per heavy atom. The van der Waals surface area contributed by atoms with Crippen molar-refractivity contribution in [3.63, 3.8) is 0 Å². The van der Waals surface area contributed by atoms with Crippen LogP contribution in [0.3, 0.4) is 0 Å². The van der Waals surface area contributed by atoms with Gasteiger partial charge in [-0.3, -0.25) is 0 Å². The summed E-state index contributed by atoms with van der Waals surface area (Å²) < 4.78 is 32.3. The van der Waals surface area contributed by atoms with E-state index in [9.17, 15) is 8.42 Å². The number of thiophene rings is 1. The number of morpholine rings is 1. The van der Waals surface area contributed by atoms with E-state index >= 15 is 0 Å². The zero-order chi connectivity index (χ0) is 14.1. The first-order valence-corrected chi connectivity index (χ1v) is 8.52. The minimum atomic E-state index is -3.43. The highest BCUT2D eigenvalue weighted by atomic mass is 32.2. The lowest BCUT2D eigenvalue weighted by Crippen LogP contribution is -2.55. The molecule has 0 radical (unpaired) electrons. The van der Waals surface area contributed by atoms with Crippen LogP contribution in [0.5, 0.6) is 0 Å². The maximum Gasteiger partial charge on any atom is 0.244 e. The summed E-state index contributed by atoms with van der Waals surface area (Å²) in [4.78, 5) is 1.41. The van der Waals surface area contributed by atoms with Crippen molar-refractivity contribution >= 4 is 21.4 Å². The molecule has 1 aromatic heterocycles. The molecule has 1 aliphatic heterocycles. The van der Waals surface area contributed by atoms with E-state index in [2.05, 4.69) is 5.32 Å². The van der Waals surface area contributed by atoms with Crippen LogP contribution in [0.2, 0.25) is 0 Å². The van der Waals surface area contributed by atoms with Crippen LogP contribution in [0, 0.1) is 0 Å². The molecule has 7 heteroatoms. The Kier molecular flexibility index (Phi) is 4.32. The molecule has 19 heavy (non-hydrogen) atoms. The summed E-state index contributed by atoms with van der Waals surface area (Å²) >= 11 is 1.47. The Bertz CT molecular complexity index is 537. The Hall–Kier alpha value is -0.470. The van der Waals surface area contributed by atoms with Crippen molar-refractivity contribution in [2.24, 2.45) is 0 Å². The van der Waals surface area contributed by atoms with E-state index in [1.807, 2.05) is 20.9 Å². The van der Waals surface area contributed by atoms with Crippen molar-refractivity contribution in [1.29, 1.82) is 0 Å². The van der Waals surface area contributed by atoms with Crippen molar-refractivity contribution in [2.75, 3.05) is 26.8 Å². The smallest absolute Gasteiger partial charge is 0.244 e. The minimum absolute atomic E-state index is 0.387. The van der Waals surface area contributed by atoms with Gasteiger partial charge in [-0.25, -0.2) is 8.42 Å². The first-order chi connectivity index (χ1) is 8.88. The lowest BCUT2D eigenvalue weighted by atomic mass is 10.1. The molecule has 5 nitrogen and oxygen atoms in total. The van der Waals surface area contributed by atoms with Gasteiger partial charge >= 0.3 is 0 Å². The normalized spacial score (nSPS) is 20.6. The van der Waals surface area contributed by atoms with Crippen molar-refractivity contribution < 1.29 is 13.2 Å². The van der Waals surface area contributed by atoms with Crippen molar-refractivity contribution in [3.8, 4) is 0 Å². The first kappa shape index (κ1) is 14.9. The molecular weight excluding hydrogens is 284 g/mol. The standard InChI is InChI=1S/C12H20N2O3S2/c1-12(2)9-17-5-4-14(12)19(15,16)11-6-10(7-13-3)18-8-11/h6,8,13H,4-5,7,9H2,1-3H3. The summed E-state index contributed by atoms with van der Waals surface area (Å²) in [5.74, 6) is 0. The molecule has 0 amide bonds. The second-order valence-electron chi connectivity index (χ2n) is 5.22. The number of nitrogens with zero attached hydrogens (tertiary/aromatic N) is 1. The van der Waals surface area contributed by atoms with Crippen molar-refractivity contribution in [2.45, 2.75) is 30.8 Å². The van der Waals surface area contributed by atoms with Gasteiger partial charge in [0.25, 0.3) is 0 Å². The largest absolute Gasteiger partial charge is 0.378 e. The van der Waals surface area contributed by atoms with Crippen LogP contribution in [0.25, 0.3) is 0 Å². The molecule has 2 rings (SSSR count). The Labute approximate surface area is 118 Å². The van der Waals surface area contributed by atoms with Crippen LogP contribution in [-0.2, 0) is 21.3 Å². The number of hydrogen-bond acceptors (Lipinski definition) is 5. The number of ether oxygens (including phenoxy) is 1. The Balaban J connectivity index is 2.30. The number of nitrogens with one attached hydrogen (secondary N) is 1. The van der Waals surface area contributed by atoms with Crippen LogP contribution < -0.4 is 5.32 Å². The van der Waals surface area contributed by atoms with Crippen molar-refractivity contribution in [3.05, 3.63) is 16.3 Å². The van der Waals surface area contributed by atoms with Gasteiger partial charge < -0.3 is 10.1 Å². The second-order valence-corrected chi connectivity index (χ2v) is 8.08. The number of hydrogen-bond donors (Lipinski definition) is 1. The van der Waals surface area contributed by atoms with E-state index in [-0.39, 0.29) is 0 Å². The average Bonchev–Trinajstić information content (AvgIpc) is 2.78. The van der Waals surface area contributed by atoms with E-state index in [4.69, 9.17) is 4.74 Å². The molecule has 108 valence electrons. The van der Waals surface area contributed by atoms with Crippen LogP contribution in [0.1, 0.15) is 18.7 Å². The summed E-state index contributed by atoms with van der Waals surface area (Å²) in [6.45, 7) is 5.77. The van der Waals surface area contributed by atoms with Gasteiger partial charge in [-0.2, -0.15) is 4.31 Å². The molecule has 0 aromatic carbocycles. The molecule has 0 unspecified atom stereocenters. The maximum atomic E-state index is 12.7. The summed E-state index contributed by atoms with van der Waals surface area (Å²) in [5.41, 5.74) is -0.498. The molecule has 0 bridgehead atoms. The summed E-state index contributed by atoms with van der Waals surface area (Å²) in [5, 5.41) is 4.74. The van der Waals surface area contributed by atoms with Gasteiger partial charge in [0.05, 0.1) is 23.6 Å². The van der Waals surface area contributed by atoms with Gasteiger partial charge in [0.15, 0.2) is 0 Å². The van der Waals surface area contributed by atoms with Crippen molar-refractivity contribution in [1.82, 2.24) is 9.62 Å². The number of rotatable bonds is 4. The summed E-state index contributed by atoms with van der Waals surface area (Å²) in [6, 6.07) is 1.75. The molecule has 0 atom stereocenters. The third-order valence-corrected chi connectivity index (χ3v) is 6.31. The Morgan fingerprint density at radius 1 is 1.53 bits per heavy atom. The molecular formula is C12H20N2O3S2. The van der Waals surface area contributed by atoms with Crippen LogP contribution in [0.15, 0.2) is 16.3 Å². The monoisotopic (exact) mass is 304 g/mol. The first-order valence-electron chi connectivity index (χ1n) is 6.20. The quantitative estimate of drug-likeness (QED) is 0.910. The third-order valence-electron chi connectivity index (χ3n) is 3.14. The maximum absolute atomic E-state index is 12.7. The van der Waals surface area contributed by atoms with Gasteiger partial charge in [-0.05, 0) is 27.0 Å². The molecule has 0 spiro atoms. The highest BCUT2D eigenvalue weighted by Gasteiger charge is 2.40. The fraction of sp³-hybridized carbons (Fsp3) is 0.667. The van der Waals surface area contributed by atoms with Crippen LogP contribution in [0.4, 0.5) is 0 Å². The van der Waals surface area contributed by atoms with E-state index in [0.29, 0.717) is 31.2 Å². The molecule has 1 fully saturated rings. The Morgan fingerprint density at radius 2 is 2.26 bits per heavy atom. The molecule has 2 heterocycles. The van der Waals surface area contributed by atoms with Gasteiger partial charge in [0.2, 0.25) is 10.0 Å². The van der Waals surface area contributed by atoms with Crippen LogP contribution in [-0.4, -0.2) is 45.1 Å². The summed E-state index contributed by atoms with van der Waals surface area (Å²) in [6.07, 6.45) is 0. The topological polar surface area (TPSA) is 58.6 Å². The van der Waals surface area contributed by atoms with E-state index in [0.717, 1.165) is 4.88 Å². The predicted molar refractivity (Wildman–Crippen MR) is 75.9 cm³/mol. The third kappa shape index (κ3) is 3.00. The zero-order valence-electron chi connectivity index (χ0n) is 11.5. The van der Waals surface area contributed by atoms with Crippen LogP contribution >= 0.6 is 11.3 Å². The molecule has 1 N–H and O–H groups in total. The fourth-order valence-corrected chi connectivity index (χ4v) is 5.21. The second kappa shape index (κ2) is 5.49. The van der Waals surface area contributed by atoms with Gasteiger partial charge in [-0.1, -0.05) is 0 Å². The van der Waals surface area contributed by atoms with E-state index in [1.165, 1.54) is 11.3 Å².